The summed E-state index contributed by atoms with van der Waals surface area (Å²) in [6, 6.07) is 3.89. The number of amides is 1. The first-order chi connectivity index (χ1) is 13.0. The van der Waals surface area contributed by atoms with E-state index in [1.54, 1.807) is 18.2 Å². The average Bonchev–Trinajstić information content (AvgIpc) is 3.41. The van der Waals surface area contributed by atoms with E-state index in [0.29, 0.717) is 40.5 Å². The lowest BCUT2D eigenvalue weighted by molar-refractivity contribution is -0.116. The molecule has 2 N–H and O–H groups in total. The summed E-state index contributed by atoms with van der Waals surface area (Å²) in [6.45, 7) is 2.66. The van der Waals surface area contributed by atoms with E-state index < -0.39 is 0 Å². The Balaban J connectivity index is 1.65. The van der Waals surface area contributed by atoms with E-state index in [0.717, 1.165) is 24.2 Å². The number of benzene rings is 1. The molecule has 1 fully saturated rings. The van der Waals surface area contributed by atoms with Gasteiger partial charge in [0.1, 0.15) is 0 Å². The Morgan fingerprint density at radius 3 is 2.96 bits per heavy atom. The molecule has 3 rings (SSSR count). The molecule has 9 heteroatoms. The van der Waals surface area contributed by atoms with Crippen molar-refractivity contribution in [3.8, 4) is 11.5 Å². The van der Waals surface area contributed by atoms with Crippen LogP contribution in [0.3, 0.4) is 0 Å². The van der Waals surface area contributed by atoms with E-state index in [2.05, 4.69) is 15.5 Å². The molecule has 1 aromatic carbocycles. The number of carbonyl (C=O) groups is 1. The number of methoxy groups -OCH3 is 1. The zero-order valence-electron chi connectivity index (χ0n) is 15.1. The monoisotopic (exact) mass is 408 g/mol. The normalized spacial score (nSPS) is 13.7. The Hall–Kier alpha value is -2.32. The fraction of sp³-hybridized carbons (Fsp3) is 0.389. The van der Waals surface area contributed by atoms with Crippen molar-refractivity contribution in [2.24, 2.45) is 0 Å². The molecule has 0 atom stereocenters. The summed E-state index contributed by atoms with van der Waals surface area (Å²) in [5.41, 5.74) is 0.736. The second-order valence-electron chi connectivity index (χ2n) is 6.06. The van der Waals surface area contributed by atoms with Crippen molar-refractivity contribution in [1.29, 1.82) is 0 Å². The number of aromatic nitrogens is 3. The van der Waals surface area contributed by atoms with E-state index in [1.165, 1.54) is 13.2 Å². The highest BCUT2D eigenvalue weighted by molar-refractivity contribution is 7.71. The molecule has 0 bridgehead atoms. The van der Waals surface area contributed by atoms with E-state index in [9.17, 15) is 4.79 Å². The number of aromatic amines is 1. The van der Waals surface area contributed by atoms with Crippen molar-refractivity contribution in [2.75, 3.05) is 13.7 Å². The van der Waals surface area contributed by atoms with Crippen molar-refractivity contribution in [2.45, 2.75) is 32.4 Å². The van der Waals surface area contributed by atoms with Crippen LogP contribution < -0.4 is 14.8 Å². The molecule has 2 aromatic rings. The van der Waals surface area contributed by atoms with Crippen LogP contribution in [0.25, 0.3) is 6.08 Å². The lowest BCUT2D eigenvalue weighted by Crippen LogP contribution is -2.22. The molecule has 0 saturated heterocycles. The number of halogens is 1. The summed E-state index contributed by atoms with van der Waals surface area (Å²) in [4.78, 5) is 12.2. The van der Waals surface area contributed by atoms with Gasteiger partial charge < -0.3 is 14.8 Å². The predicted molar refractivity (Wildman–Crippen MR) is 106 cm³/mol. The summed E-state index contributed by atoms with van der Waals surface area (Å²) in [7, 11) is 1.53. The number of hydrogen-bond donors (Lipinski definition) is 2. The van der Waals surface area contributed by atoms with Gasteiger partial charge in [-0.3, -0.25) is 14.5 Å². The molecule has 0 radical (unpaired) electrons. The molecule has 0 spiro atoms. The minimum Gasteiger partial charge on any atom is -0.491 e. The van der Waals surface area contributed by atoms with Gasteiger partial charge in [-0.05, 0) is 55.8 Å². The van der Waals surface area contributed by atoms with Crippen molar-refractivity contribution in [3.05, 3.63) is 39.4 Å². The second kappa shape index (κ2) is 8.58. The van der Waals surface area contributed by atoms with E-state index in [4.69, 9.17) is 33.3 Å². The summed E-state index contributed by atoms with van der Waals surface area (Å²) in [6.07, 6.45) is 5.29. The predicted octanol–water partition coefficient (Wildman–Crippen LogP) is 3.67. The highest BCUT2D eigenvalue weighted by Gasteiger charge is 2.27. The molecule has 1 saturated carbocycles. The highest BCUT2D eigenvalue weighted by atomic mass is 35.5. The largest absolute Gasteiger partial charge is 0.491 e. The SMILES string of the molecule is CCOc1cc(/C=C/C(=O)NCc2n[nH]c(=S)n2C2CC2)cc(Cl)c1OC. The zero-order valence-corrected chi connectivity index (χ0v) is 16.7. The van der Waals surface area contributed by atoms with Gasteiger partial charge in [0.2, 0.25) is 5.91 Å². The molecule has 27 heavy (non-hydrogen) atoms. The molecule has 0 unspecified atom stereocenters. The molecule has 7 nitrogen and oxygen atoms in total. The van der Waals surface area contributed by atoms with Gasteiger partial charge >= 0.3 is 0 Å². The van der Waals surface area contributed by atoms with E-state index in [1.807, 2.05) is 11.5 Å². The molecule has 1 aliphatic rings. The summed E-state index contributed by atoms with van der Waals surface area (Å²) < 4.78 is 13.4. The number of carbonyl (C=O) groups excluding carboxylic acids is 1. The molecule has 1 aromatic heterocycles. The first kappa shape index (κ1) is 19.4. The van der Waals surface area contributed by atoms with Crippen molar-refractivity contribution >= 4 is 35.8 Å². The Morgan fingerprint density at radius 2 is 2.30 bits per heavy atom. The van der Waals surface area contributed by atoms with Crippen LogP contribution >= 0.6 is 23.8 Å². The van der Waals surface area contributed by atoms with Gasteiger partial charge in [0.15, 0.2) is 22.1 Å². The highest BCUT2D eigenvalue weighted by Crippen LogP contribution is 2.37. The smallest absolute Gasteiger partial charge is 0.244 e. The number of rotatable bonds is 8. The maximum Gasteiger partial charge on any atom is 0.244 e. The number of ether oxygens (including phenoxy) is 2. The molecular formula is C18H21ClN4O3S. The van der Waals surface area contributed by atoms with Gasteiger partial charge in [0.25, 0.3) is 0 Å². The number of H-pyrrole nitrogens is 1. The third-order valence-corrected chi connectivity index (χ3v) is 4.64. The lowest BCUT2D eigenvalue weighted by Gasteiger charge is -2.11. The van der Waals surface area contributed by atoms with Crippen LogP contribution in [-0.4, -0.2) is 34.4 Å². The maximum atomic E-state index is 12.2. The summed E-state index contributed by atoms with van der Waals surface area (Å²) in [5, 5.41) is 10.2. The molecule has 0 aliphatic heterocycles. The summed E-state index contributed by atoms with van der Waals surface area (Å²) in [5.74, 6) is 1.50. The quantitative estimate of drug-likeness (QED) is 0.514. The molecule has 1 heterocycles. The maximum absolute atomic E-state index is 12.2. The van der Waals surface area contributed by atoms with Crippen LogP contribution in [0.4, 0.5) is 0 Å². The standard InChI is InChI=1S/C18H21ClN4O3S/c1-3-26-14-9-11(8-13(19)17(14)25-2)4-7-16(24)20-10-15-21-22-18(27)23(15)12-5-6-12/h4,7-9,12H,3,5-6,10H2,1-2H3,(H,20,24)(H,22,27)/b7-4+. The molecule has 144 valence electrons. The minimum atomic E-state index is -0.240. The minimum absolute atomic E-state index is 0.240. The van der Waals surface area contributed by atoms with Gasteiger partial charge in [0.05, 0.1) is 25.3 Å². The van der Waals surface area contributed by atoms with Crippen molar-refractivity contribution < 1.29 is 14.3 Å². The van der Waals surface area contributed by atoms with E-state index in [-0.39, 0.29) is 5.91 Å². The first-order valence-corrected chi connectivity index (χ1v) is 9.44. The average molecular weight is 409 g/mol. The Kier molecular flexibility index (Phi) is 6.18. The fourth-order valence-electron chi connectivity index (χ4n) is 2.71. The van der Waals surface area contributed by atoms with Crippen LogP contribution in [-0.2, 0) is 11.3 Å². The van der Waals surface area contributed by atoms with Crippen molar-refractivity contribution in [1.82, 2.24) is 20.1 Å². The first-order valence-electron chi connectivity index (χ1n) is 8.65. The zero-order chi connectivity index (χ0) is 19.4. The third-order valence-electron chi connectivity index (χ3n) is 4.07. The van der Waals surface area contributed by atoms with Crippen molar-refractivity contribution in [3.63, 3.8) is 0 Å². The molecule has 1 amide bonds. The fourth-order valence-corrected chi connectivity index (χ4v) is 3.31. The van der Waals surface area contributed by atoms with Gasteiger partial charge in [-0.15, -0.1) is 0 Å². The van der Waals surface area contributed by atoms with Gasteiger partial charge in [-0.25, -0.2) is 0 Å². The van der Waals surface area contributed by atoms with Gasteiger partial charge in [-0.1, -0.05) is 11.6 Å². The van der Waals surface area contributed by atoms with Gasteiger partial charge in [-0.2, -0.15) is 5.10 Å². The molecule has 1 aliphatic carbocycles. The number of nitrogens with zero attached hydrogens (tertiary/aromatic N) is 2. The number of nitrogens with one attached hydrogen (secondary N) is 2. The van der Waals surface area contributed by atoms with Gasteiger partial charge in [0, 0.05) is 12.1 Å². The van der Waals surface area contributed by atoms with Crippen LogP contribution in [0, 0.1) is 4.77 Å². The van der Waals surface area contributed by atoms with Crippen LogP contribution in [0.5, 0.6) is 11.5 Å². The Morgan fingerprint density at radius 1 is 1.52 bits per heavy atom. The summed E-state index contributed by atoms with van der Waals surface area (Å²) >= 11 is 11.5. The number of hydrogen-bond acceptors (Lipinski definition) is 5. The van der Waals surface area contributed by atoms with Crippen LogP contribution in [0.15, 0.2) is 18.2 Å². The van der Waals surface area contributed by atoms with Crippen LogP contribution in [0.2, 0.25) is 5.02 Å². The molecular weight excluding hydrogens is 388 g/mol. The Bertz CT molecular complexity index is 918. The lowest BCUT2D eigenvalue weighted by atomic mass is 10.2. The Labute approximate surface area is 167 Å². The van der Waals surface area contributed by atoms with E-state index >= 15 is 0 Å². The van der Waals surface area contributed by atoms with Crippen LogP contribution in [0.1, 0.15) is 37.2 Å². The third kappa shape index (κ3) is 4.70. The second-order valence-corrected chi connectivity index (χ2v) is 6.86. The topological polar surface area (TPSA) is 81.2 Å².